The number of anilines is 1. The van der Waals surface area contributed by atoms with Gasteiger partial charge in [-0.2, -0.15) is 4.98 Å². The van der Waals surface area contributed by atoms with E-state index in [1.54, 1.807) is 12.0 Å². The highest BCUT2D eigenvalue weighted by molar-refractivity contribution is 5.89. The molecule has 1 unspecified atom stereocenters. The molecule has 144 valence electrons. The number of nitrogens with one attached hydrogen (secondary N) is 1. The molecule has 0 saturated carbocycles. The van der Waals surface area contributed by atoms with Crippen LogP contribution < -0.4 is 10.1 Å². The number of aryl methyl sites for hydroxylation is 1. The summed E-state index contributed by atoms with van der Waals surface area (Å²) in [6, 6.07) is 14.8. The third-order valence-electron chi connectivity index (χ3n) is 4.89. The summed E-state index contributed by atoms with van der Waals surface area (Å²) in [7, 11) is 1.62. The lowest BCUT2D eigenvalue weighted by atomic mass is 10.2. The minimum Gasteiger partial charge on any atom is -0.497 e. The molecule has 2 aromatic carbocycles. The molecule has 0 aliphatic carbocycles. The Morgan fingerprint density at radius 3 is 2.64 bits per heavy atom. The maximum atomic E-state index is 12.7. The van der Waals surface area contributed by atoms with Gasteiger partial charge in [-0.1, -0.05) is 22.9 Å². The van der Waals surface area contributed by atoms with E-state index in [0.29, 0.717) is 18.3 Å². The molecule has 7 heteroatoms. The van der Waals surface area contributed by atoms with Crippen molar-refractivity contribution in [1.82, 2.24) is 15.0 Å². The zero-order valence-electron chi connectivity index (χ0n) is 15.9. The van der Waals surface area contributed by atoms with Crippen LogP contribution in [0.1, 0.15) is 30.3 Å². The molecule has 0 bridgehead atoms. The largest absolute Gasteiger partial charge is 0.497 e. The fraction of sp³-hybridized carbons (Fsp3) is 0.286. The number of likely N-dealkylation sites (tertiary alicyclic amines) is 1. The minimum atomic E-state index is -0.218. The average Bonchev–Trinajstić information content (AvgIpc) is 3.39. The van der Waals surface area contributed by atoms with Crippen molar-refractivity contribution in [1.29, 1.82) is 0 Å². The van der Waals surface area contributed by atoms with Gasteiger partial charge in [0.15, 0.2) is 0 Å². The standard InChI is InChI=1S/C21H22N4O3/c1-14-5-9-16(10-6-14)22-21(26)25-13-3-4-18(25)20-23-19(24-28-20)15-7-11-17(27-2)12-8-15/h5-12,18H,3-4,13H2,1-2H3,(H,22,26). The highest BCUT2D eigenvalue weighted by atomic mass is 16.5. The number of methoxy groups -OCH3 is 1. The van der Waals surface area contributed by atoms with Crippen LogP contribution in [0.3, 0.4) is 0 Å². The molecule has 3 aromatic rings. The van der Waals surface area contributed by atoms with E-state index in [1.165, 1.54) is 0 Å². The third-order valence-corrected chi connectivity index (χ3v) is 4.89. The van der Waals surface area contributed by atoms with E-state index in [1.807, 2.05) is 55.5 Å². The fourth-order valence-electron chi connectivity index (χ4n) is 3.33. The van der Waals surface area contributed by atoms with Crippen LogP contribution in [0.15, 0.2) is 53.1 Å². The maximum Gasteiger partial charge on any atom is 0.322 e. The molecule has 1 saturated heterocycles. The van der Waals surface area contributed by atoms with Crippen LogP contribution >= 0.6 is 0 Å². The average molecular weight is 378 g/mol. The van der Waals surface area contributed by atoms with Gasteiger partial charge in [-0.3, -0.25) is 0 Å². The third kappa shape index (κ3) is 3.69. The monoisotopic (exact) mass is 378 g/mol. The van der Waals surface area contributed by atoms with Crippen LogP contribution in [-0.4, -0.2) is 34.7 Å². The van der Waals surface area contributed by atoms with Gasteiger partial charge in [0.1, 0.15) is 11.8 Å². The Labute approximate surface area is 163 Å². The fourth-order valence-corrected chi connectivity index (χ4v) is 3.33. The number of rotatable bonds is 4. The van der Waals surface area contributed by atoms with Crippen LogP contribution in [0, 0.1) is 6.92 Å². The van der Waals surface area contributed by atoms with Crippen molar-refractivity contribution >= 4 is 11.7 Å². The van der Waals surface area contributed by atoms with Gasteiger partial charge in [0.25, 0.3) is 0 Å². The summed E-state index contributed by atoms with van der Waals surface area (Å²) < 4.78 is 10.7. The van der Waals surface area contributed by atoms with Gasteiger partial charge >= 0.3 is 6.03 Å². The molecule has 1 atom stereocenters. The van der Waals surface area contributed by atoms with Crippen molar-refractivity contribution in [3.05, 3.63) is 60.0 Å². The molecule has 4 rings (SSSR count). The summed E-state index contributed by atoms with van der Waals surface area (Å²) in [5.41, 5.74) is 2.75. The number of aromatic nitrogens is 2. The lowest BCUT2D eigenvalue weighted by Crippen LogP contribution is -2.34. The lowest BCUT2D eigenvalue weighted by Gasteiger charge is -2.22. The van der Waals surface area contributed by atoms with E-state index in [4.69, 9.17) is 9.26 Å². The Kier molecular flexibility index (Phi) is 4.97. The molecular weight excluding hydrogens is 356 g/mol. The first-order valence-electron chi connectivity index (χ1n) is 9.26. The molecular formula is C21H22N4O3. The molecule has 7 nitrogen and oxygen atoms in total. The molecule has 2 heterocycles. The predicted octanol–water partition coefficient (Wildman–Crippen LogP) is 4.42. The first-order valence-corrected chi connectivity index (χ1v) is 9.26. The number of nitrogens with zero attached hydrogens (tertiary/aromatic N) is 3. The van der Waals surface area contributed by atoms with Crippen LogP contribution in [0.2, 0.25) is 0 Å². The molecule has 1 aromatic heterocycles. The number of amides is 2. The van der Waals surface area contributed by atoms with Crippen molar-refractivity contribution < 1.29 is 14.1 Å². The molecule has 1 fully saturated rings. The zero-order chi connectivity index (χ0) is 19.5. The summed E-state index contributed by atoms with van der Waals surface area (Å²) in [5, 5.41) is 7.03. The summed E-state index contributed by atoms with van der Waals surface area (Å²) in [6.45, 7) is 2.67. The highest BCUT2D eigenvalue weighted by Gasteiger charge is 2.34. The number of urea groups is 1. The van der Waals surface area contributed by atoms with Crippen molar-refractivity contribution in [3.8, 4) is 17.1 Å². The van der Waals surface area contributed by atoms with Gasteiger partial charge in [0.2, 0.25) is 11.7 Å². The summed E-state index contributed by atoms with van der Waals surface area (Å²) >= 11 is 0. The van der Waals surface area contributed by atoms with E-state index in [2.05, 4.69) is 15.5 Å². The molecule has 0 spiro atoms. The van der Waals surface area contributed by atoms with Gasteiger partial charge in [-0.15, -0.1) is 0 Å². The molecule has 1 aliphatic rings. The van der Waals surface area contributed by atoms with E-state index in [-0.39, 0.29) is 12.1 Å². The first-order chi connectivity index (χ1) is 13.6. The van der Waals surface area contributed by atoms with E-state index >= 15 is 0 Å². The smallest absolute Gasteiger partial charge is 0.322 e. The van der Waals surface area contributed by atoms with E-state index in [9.17, 15) is 4.79 Å². The van der Waals surface area contributed by atoms with Gasteiger partial charge in [-0.05, 0) is 56.2 Å². The molecule has 0 radical (unpaired) electrons. The number of hydrogen-bond acceptors (Lipinski definition) is 5. The number of ether oxygens (including phenoxy) is 1. The summed E-state index contributed by atoms with van der Waals surface area (Å²) in [5.74, 6) is 1.73. The predicted molar refractivity (Wildman–Crippen MR) is 105 cm³/mol. The molecule has 1 N–H and O–H groups in total. The van der Waals surface area contributed by atoms with Gasteiger partial charge in [0.05, 0.1) is 7.11 Å². The Morgan fingerprint density at radius 2 is 1.93 bits per heavy atom. The molecule has 2 amide bonds. The zero-order valence-corrected chi connectivity index (χ0v) is 15.9. The quantitative estimate of drug-likeness (QED) is 0.727. The van der Waals surface area contributed by atoms with E-state index in [0.717, 1.165) is 35.4 Å². The number of hydrogen-bond donors (Lipinski definition) is 1. The van der Waals surface area contributed by atoms with Crippen molar-refractivity contribution in [2.75, 3.05) is 19.0 Å². The van der Waals surface area contributed by atoms with Gasteiger partial charge in [0, 0.05) is 17.8 Å². The van der Waals surface area contributed by atoms with Crippen LogP contribution in [0.25, 0.3) is 11.4 Å². The van der Waals surface area contributed by atoms with Crippen molar-refractivity contribution in [2.24, 2.45) is 0 Å². The SMILES string of the molecule is COc1ccc(-c2noc(C3CCCN3C(=O)Nc3ccc(C)cc3)n2)cc1. The van der Waals surface area contributed by atoms with Crippen LogP contribution in [0.5, 0.6) is 5.75 Å². The highest BCUT2D eigenvalue weighted by Crippen LogP contribution is 2.32. The van der Waals surface area contributed by atoms with E-state index < -0.39 is 0 Å². The topological polar surface area (TPSA) is 80.5 Å². The van der Waals surface area contributed by atoms with Crippen LogP contribution in [-0.2, 0) is 0 Å². The maximum absolute atomic E-state index is 12.7. The Hall–Kier alpha value is -3.35. The first kappa shape index (κ1) is 18.0. The molecule has 1 aliphatic heterocycles. The lowest BCUT2D eigenvalue weighted by molar-refractivity contribution is 0.193. The Morgan fingerprint density at radius 1 is 1.18 bits per heavy atom. The second-order valence-electron chi connectivity index (χ2n) is 6.83. The Balaban J connectivity index is 1.49. The van der Waals surface area contributed by atoms with Crippen molar-refractivity contribution in [3.63, 3.8) is 0 Å². The second-order valence-corrected chi connectivity index (χ2v) is 6.83. The van der Waals surface area contributed by atoms with Gasteiger partial charge < -0.3 is 19.5 Å². The second kappa shape index (κ2) is 7.72. The van der Waals surface area contributed by atoms with Gasteiger partial charge in [-0.25, -0.2) is 4.79 Å². The Bertz CT molecular complexity index is 951. The number of carbonyl (C=O) groups is 1. The number of benzene rings is 2. The normalized spacial score (nSPS) is 16.2. The number of carbonyl (C=O) groups excluding carboxylic acids is 1. The summed E-state index contributed by atoms with van der Waals surface area (Å²) in [4.78, 5) is 19.0. The van der Waals surface area contributed by atoms with Crippen molar-refractivity contribution in [2.45, 2.75) is 25.8 Å². The minimum absolute atomic E-state index is 0.157. The van der Waals surface area contributed by atoms with Crippen LogP contribution in [0.4, 0.5) is 10.5 Å². The summed E-state index contributed by atoms with van der Waals surface area (Å²) in [6.07, 6.45) is 1.69. The molecule has 28 heavy (non-hydrogen) atoms.